The molecule has 0 amide bonds. The molecule has 7 atom stereocenters. The number of fused-ring (bicyclic) bond motifs is 9. The summed E-state index contributed by atoms with van der Waals surface area (Å²) in [5, 5.41) is 22.3. The highest BCUT2D eigenvalue weighted by Crippen LogP contribution is 2.64. The van der Waals surface area contributed by atoms with Crippen LogP contribution in [0.25, 0.3) is 0 Å². The normalized spacial score (nSPS) is 29.5. The topological polar surface area (TPSA) is 157 Å². The molecule has 0 aromatic heterocycles. The average Bonchev–Trinajstić information content (AvgIpc) is 3.51. The van der Waals surface area contributed by atoms with Crippen molar-refractivity contribution in [1.82, 2.24) is 9.80 Å². The average molecular weight is 649 g/mol. The van der Waals surface area contributed by atoms with Gasteiger partial charge in [0.1, 0.15) is 24.4 Å². The Balaban J connectivity index is 1.58. The molecule has 0 aliphatic carbocycles. The number of nitrogens with two attached hydrogens (primary N) is 1. The predicted octanol–water partition coefficient (Wildman–Crippen LogP) is 3.12. The fourth-order valence-electron chi connectivity index (χ4n) is 8.23. The zero-order valence-corrected chi connectivity index (χ0v) is 26.9. The van der Waals surface area contributed by atoms with E-state index < -0.39 is 47.4 Å². The lowest BCUT2D eigenvalue weighted by Crippen LogP contribution is -2.70. The van der Waals surface area contributed by atoms with E-state index in [-0.39, 0.29) is 30.9 Å². The molecule has 5 aliphatic heterocycles. The van der Waals surface area contributed by atoms with Crippen molar-refractivity contribution in [2.75, 3.05) is 32.8 Å². The van der Waals surface area contributed by atoms with Gasteiger partial charge in [-0.05, 0) is 31.4 Å². The summed E-state index contributed by atoms with van der Waals surface area (Å²) in [4.78, 5) is 30.0. The quantitative estimate of drug-likeness (QED) is 0.284. The van der Waals surface area contributed by atoms with Crippen molar-refractivity contribution in [3.63, 3.8) is 0 Å². The van der Waals surface area contributed by atoms with Crippen molar-refractivity contribution in [2.45, 2.75) is 68.7 Å². The van der Waals surface area contributed by atoms with E-state index in [2.05, 4.69) is 22.4 Å². The number of nitrogens with zero attached hydrogens (tertiary/aromatic N) is 3. The van der Waals surface area contributed by atoms with Crippen LogP contribution in [0.1, 0.15) is 57.6 Å². The number of carbonyl (C=O) groups excluding carboxylic acids is 2. The number of hydrogen-bond acceptors (Lipinski definition) is 13. The number of thioether (sulfide) groups is 1. The van der Waals surface area contributed by atoms with Crippen molar-refractivity contribution in [2.24, 2.45) is 5.73 Å². The lowest BCUT2D eigenvalue weighted by Gasteiger charge is -2.62. The summed E-state index contributed by atoms with van der Waals surface area (Å²) in [5.74, 6) is 0.861. The van der Waals surface area contributed by atoms with Gasteiger partial charge in [0, 0.05) is 53.6 Å². The number of benzene rings is 2. The first-order chi connectivity index (χ1) is 22.1. The number of rotatable bonds is 4. The number of aryl methyl sites for hydroxylation is 1. The number of carbonyl (C=O) groups is 2. The Morgan fingerprint density at radius 2 is 2.00 bits per heavy atom. The van der Waals surface area contributed by atoms with E-state index in [9.17, 15) is 20.0 Å². The Hall–Kier alpha value is -3.96. The van der Waals surface area contributed by atoms with Crippen LogP contribution in [-0.4, -0.2) is 83.8 Å². The minimum atomic E-state index is -0.907. The van der Waals surface area contributed by atoms with E-state index in [1.54, 1.807) is 6.08 Å². The maximum absolute atomic E-state index is 13.0. The summed E-state index contributed by atoms with van der Waals surface area (Å²) < 4.78 is 29.6. The maximum Gasteiger partial charge on any atom is 0.323 e. The van der Waals surface area contributed by atoms with Gasteiger partial charge >= 0.3 is 11.9 Å². The molecule has 5 aliphatic rings. The zero-order chi connectivity index (χ0) is 32.6. The first-order valence-electron chi connectivity index (χ1n) is 15.2. The van der Waals surface area contributed by atoms with Gasteiger partial charge < -0.3 is 34.5 Å². The van der Waals surface area contributed by atoms with Crippen molar-refractivity contribution in [3.05, 3.63) is 52.1 Å². The van der Waals surface area contributed by atoms with Crippen LogP contribution in [0, 0.1) is 25.2 Å². The van der Waals surface area contributed by atoms with Crippen LogP contribution >= 0.6 is 11.8 Å². The molecule has 2 aromatic rings. The predicted molar refractivity (Wildman–Crippen MR) is 167 cm³/mol. The number of cyclic esters (lactones) is 1. The van der Waals surface area contributed by atoms with Gasteiger partial charge in [0.2, 0.25) is 6.79 Å². The van der Waals surface area contributed by atoms with Crippen LogP contribution in [0.5, 0.6) is 28.7 Å². The van der Waals surface area contributed by atoms with Gasteiger partial charge in [-0.25, -0.2) is 0 Å². The van der Waals surface area contributed by atoms with Crippen LogP contribution < -0.4 is 24.7 Å². The second kappa shape index (κ2) is 11.4. The van der Waals surface area contributed by atoms with Gasteiger partial charge in [-0.15, -0.1) is 18.3 Å². The third-order valence-corrected chi connectivity index (χ3v) is 11.3. The number of phenolic OH excluding ortho intramolecular Hbond substituents is 1. The number of methoxy groups -OCH3 is 1. The van der Waals surface area contributed by atoms with Crippen LogP contribution in [0.2, 0.25) is 0 Å². The van der Waals surface area contributed by atoms with E-state index in [1.165, 1.54) is 25.8 Å². The second-order valence-electron chi connectivity index (χ2n) is 12.3. The number of phenols is 1. The molecular weight excluding hydrogens is 612 g/mol. The molecule has 2 aromatic carbocycles. The fraction of sp³-hybridized carbons (Fsp3) is 0.485. The van der Waals surface area contributed by atoms with Crippen LogP contribution in [-0.2, 0) is 20.7 Å². The number of piperazine rings is 1. The van der Waals surface area contributed by atoms with Crippen LogP contribution in [0.3, 0.4) is 0 Å². The van der Waals surface area contributed by atoms with Gasteiger partial charge in [0.25, 0.3) is 0 Å². The first kappa shape index (κ1) is 30.7. The molecule has 0 saturated carbocycles. The fourth-order valence-corrected chi connectivity index (χ4v) is 9.67. The van der Waals surface area contributed by atoms with Crippen LogP contribution in [0.15, 0.2) is 18.7 Å². The molecule has 46 heavy (non-hydrogen) atoms. The summed E-state index contributed by atoms with van der Waals surface area (Å²) in [6, 6.07) is 1.15. The Labute approximate surface area is 270 Å². The number of esters is 2. The molecule has 4 unspecified atom stereocenters. The Morgan fingerprint density at radius 3 is 2.70 bits per heavy atom. The van der Waals surface area contributed by atoms with Crippen molar-refractivity contribution >= 4 is 23.7 Å². The molecule has 3 N–H and O–H groups in total. The summed E-state index contributed by atoms with van der Waals surface area (Å²) in [6.07, 6.45) is 2.30. The van der Waals surface area contributed by atoms with Gasteiger partial charge in [0.15, 0.2) is 23.0 Å². The third kappa shape index (κ3) is 4.31. The standard InChI is InChI=1S/C33H36N4O8S/c1-6-7-36-19-9-17-8-14(2)28(41-5)27(39)22(17)25(36)26-32-24-23(31-30(43-13-44-31)15(3)29(24)45-16(4)38)21(37(26)20(19)10-34)11-42-33(40)18(35)12-46-32/h6,8,18-21,25-26,32,39H,1,7,9,11-13,35H2,2-5H3/t18?,19?,20-,21-,25?,26?,32+/m0/s1. The second-order valence-corrected chi connectivity index (χ2v) is 13.5. The Bertz CT molecular complexity index is 1710. The Morgan fingerprint density at radius 1 is 1.24 bits per heavy atom. The van der Waals surface area contributed by atoms with Gasteiger partial charge in [0.05, 0.1) is 30.5 Å². The first-order valence-corrected chi connectivity index (χ1v) is 16.3. The van der Waals surface area contributed by atoms with E-state index in [0.29, 0.717) is 58.2 Å². The monoisotopic (exact) mass is 648 g/mol. The van der Waals surface area contributed by atoms with Crippen LogP contribution in [0.4, 0.5) is 0 Å². The molecule has 5 heterocycles. The van der Waals surface area contributed by atoms with Gasteiger partial charge in [-0.1, -0.05) is 12.1 Å². The number of hydrogen-bond donors (Lipinski definition) is 2. The molecular formula is C33H36N4O8S. The molecule has 2 fully saturated rings. The lowest BCUT2D eigenvalue weighted by molar-refractivity contribution is -0.150. The number of aromatic hydroxyl groups is 1. The van der Waals surface area contributed by atoms with E-state index in [0.717, 1.165) is 11.1 Å². The summed E-state index contributed by atoms with van der Waals surface area (Å²) in [6.45, 7) is 9.38. The Kier molecular flexibility index (Phi) is 7.59. The van der Waals surface area contributed by atoms with Crippen molar-refractivity contribution in [1.29, 1.82) is 5.26 Å². The van der Waals surface area contributed by atoms with Crippen molar-refractivity contribution < 1.29 is 38.4 Å². The van der Waals surface area contributed by atoms with E-state index in [4.69, 9.17) is 29.4 Å². The molecule has 12 nitrogen and oxygen atoms in total. The molecule has 4 bridgehead atoms. The molecule has 242 valence electrons. The molecule has 0 spiro atoms. The number of ether oxygens (including phenoxy) is 5. The van der Waals surface area contributed by atoms with Gasteiger partial charge in [-0.2, -0.15) is 5.26 Å². The van der Waals surface area contributed by atoms with E-state index in [1.807, 2.05) is 19.9 Å². The highest BCUT2D eigenvalue weighted by molar-refractivity contribution is 7.99. The summed E-state index contributed by atoms with van der Waals surface area (Å²) in [5.41, 5.74) is 10.8. The SMILES string of the molecule is C=CCN1C2c3c(cc(C)c(OC)c3O)CC1[C@H](C#N)N1C2[C@@H]2SCC(N)C(=O)OC[C@H]1c1c3c(c(C)c(OC(C)=O)c12)OCO3. The zero-order valence-electron chi connectivity index (χ0n) is 26.1. The maximum atomic E-state index is 13.0. The van der Waals surface area contributed by atoms with Crippen molar-refractivity contribution in [3.8, 4) is 34.8 Å². The molecule has 13 heteroatoms. The number of nitriles is 1. The van der Waals surface area contributed by atoms with E-state index >= 15 is 0 Å². The molecule has 7 rings (SSSR count). The molecule has 2 saturated heterocycles. The minimum Gasteiger partial charge on any atom is -0.504 e. The highest BCUT2D eigenvalue weighted by atomic mass is 32.2. The lowest BCUT2D eigenvalue weighted by atomic mass is 9.71. The summed E-state index contributed by atoms with van der Waals surface area (Å²) >= 11 is 1.43. The smallest absolute Gasteiger partial charge is 0.323 e. The highest BCUT2D eigenvalue weighted by Gasteiger charge is 2.61. The third-order valence-electron chi connectivity index (χ3n) is 9.85. The van der Waals surface area contributed by atoms with Gasteiger partial charge in [-0.3, -0.25) is 19.4 Å². The molecule has 0 radical (unpaired) electrons. The summed E-state index contributed by atoms with van der Waals surface area (Å²) in [7, 11) is 1.53. The largest absolute Gasteiger partial charge is 0.504 e. The minimum absolute atomic E-state index is 0.0365.